The topological polar surface area (TPSA) is 43.2 Å². The molecule has 0 atom stereocenters. The molecule has 17 heavy (non-hydrogen) atoms. The maximum absolute atomic E-state index is 11.0. The first-order chi connectivity index (χ1) is 8.06. The zero-order chi connectivity index (χ0) is 12.4. The van der Waals surface area contributed by atoms with Crippen LogP contribution in [0.1, 0.15) is 26.3 Å². The Morgan fingerprint density at radius 2 is 2.06 bits per heavy atom. The summed E-state index contributed by atoms with van der Waals surface area (Å²) in [6.45, 7) is 5.48. The number of carbonyl (C=O) groups excluding carboxylic acids is 1. The largest absolute Gasteiger partial charge is 0.326 e. The summed E-state index contributed by atoms with van der Waals surface area (Å²) in [6, 6.07) is 7.80. The normalized spacial score (nSPS) is 14.4. The van der Waals surface area contributed by atoms with Crippen LogP contribution in [0.5, 0.6) is 0 Å². The van der Waals surface area contributed by atoms with Gasteiger partial charge in [-0.3, -0.25) is 10.1 Å². The van der Waals surface area contributed by atoms with Crippen molar-refractivity contribution >= 4 is 17.2 Å². The Labute approximate surface area is 101 Å². The van der Waals surface area contributed by atoms with Gasteiger partial charge in [-0.25, -0.2) is 0 Å². The van der Waals surface area contributed by atoms with Gasteiger partial charge >= 0.3 is 0 Å². The molecule has 0 aliphatic carbocycles. The molecule has 1 amide bonds. The number of hydrogen-bond acceptors (Lipinski definition) is 1. The predicted octanol–water partition coefficient (Wildman–Crippen LogP) is 2.90. The number of amides is 1. The highest BCUT2D eigenvalue weighted by molar-refractivity contribution is 5.90. The van der Waals surface area contributed by atoms with E-state index < -0.39 is 0 Å². The van der Waals surface area contributed by atoms with E-state index in [9.17, 15) is 4.79 Å². The van der Waals surface area contributed by atoms with Crippen LogP contribution in [0.15, 0.2) is 41.7 Å². The maximum atomic E-state index is 11.0. The third kappa shape index (κ3) is 2.56. The highest BCUT2D eigenvalue weighted by Crippen LogP contribution is 2.28. The van der Waals surface area contributed by atoms with E-state index in [2.05, 4.69) is 16.7 Å². The van der Waals surface area contributed by atoms with Crippen LogP contribution in [0, 0.1) is 0 Å². The number of carbonyl (C=O) groups is 1. The molecule has 0 aromatic heterocycles. The summed E-state index contributed by atoms with van der Waals surface area (Å²) in [5.74, 6) is -0.0596. The minimum Gasteiger partial charge on any atom is -0.326 e. The molecule has 0 saturated heterocycles. The van der Waals surface area contributed by atoms with Crippen LogP contribution in [0.2, 0.25) is 0 Å². The van der Waals surface area contributed by atoms with Crippen LogP contribution < -0.4 is 10.6 Å². The summed E-state index contributed by atoms with van der Waals surface area (Å²) in [6.07, 6.45) is 2.06. The highest BCUT2D eigenvalue weighted by Gasteiger charge is 2.12. The average molecular weight is 227 g/mol. The Balaban J connectivity index is 2.34. The zero-order valence-electron chi connectivity index (χ0n) is 10.2. The first-order valence-electron chi connectivity index (χ1n) is 5.55. The second kappa shape index (κ2) is 4.45. The van der Waals surface area contributed by atoms with Gasteiger partial charge in [0.1, 0.15) is 0 Å². The lowest BCUT2D eigenvalue weighted by Crippen LogP contribution is -2.05. The fraction of sp³-hybridized carbons (Fsp3) is 0.214. The van der Waals surface area contributed by atoms with Crippen LogP contribution in [0.4, 0.5) is 5.69 Å². The standard InChI is InChI=1S/C14H15N2O/c1-9-7-14(10(2)15-9)12-5-4-6-13(8-12)16-11(3)17/h4-8H,1-3H3,(H,16,17). The summed E-state index contributed by atoms with van der Waals surface area (Å²) in [5, 5.41) is 7.17. The van der Waals surface area contributed by atoms with Crippen LogP contribution in [0.3, 0.4) is 0 Å². The minimum absolute atomic E-state index is 0.0596. The van der Waals surface area contributed by atoms with Crippen molar-refractivity contribution in [3.63, 3.8) is 0 Å². The minimum atomic E-state index is -0.0596. The van der Waals surface area contributed by atoms with Crippen molar-refractivity contribution in [2.45, 2.75) is 20.8 Å². The second-order valence-electron chi connectivity index (χ2n) is 4.16. The van der Waals surface area contributed by atoms with E-state index in [0.717, 1.165) is 28.2 Å². The molecule has 1 heterocycles. The summed E-state index contributed by atoms with van der Waals surface area (Å²) < 4.78 is 0. The Morgan fingerprint density at radius 3 is 2.65 bits per heavy atom. The molecule has 1 N–H and O–H groups in total. The Hall–Kier alpha value is -2.03. The average Bonchev–Trinajstić information content (AvgIpc) is 2.57. The van der Waals surface area contributed by atoms with E-state index in [1.54, 1.807) is 0 Å². The van der Waals surface area contributed by atoms with Gasteiger partial charge < -0.3 is 5.32 Å². The fourth-order valence-electron chi connectivity index (χ4n) is 1.93. The lowest BCUT2D eigenvalue weighted by molar-refractivity contribution is -0.114. The Bertz CT molecular complexity index is 527. The molecule has 87 valence electrons. The van der Waals surface area contributed by atoms with E-state index >= 15 is 0 Å². The molecule has 2 rings (SSSR count). The van der Waals surface area contributed by atoms with Gasteiger partial charge in [-0.1, -0.05) is 12.1 Å². The molecule has 0 unspecified atom stereocenters. The number of anilines is 1. The van der Waals surface area contributed by atoms with E-state index in [1.807, 2.05) is 38.1 Å². The Kier molecular flexibility index (Phi) is 3.00. The molecule has 0 fully saturated rings. The maximum Gasteiger partial charge on any atom is 0.221 e. The molecule has 0 saturated carbocycles. The summed E-state index contributed by atoms with van der Waals surface area (Å²) in [4.78, 5) is 11.0. The summed E-state index contributed by atoms with van der Waals surface area (Å²) in [7, 11) is 0. The van der Waals surface area contributed by atoms with Gasteiger partial charge in [0.25, 0.3) is 0 Å². The number of hydrogen-bond donors (Lipinski definition) is 1. The summed E-state index contributed by atoms with van der Waals surface area (Å²) in [5.41, 5.74) is 5.04. The van der Waals surface area contributed by atoms with E-state index in [-0.39, 0.29) is 5.91 Å². The molecule has 1 aliphatic rings. The second-order valence-corrected chi connectivity index (χ2v) is 4.16. The first kappa shape index (κ1) is 11.5. The molecule has 3 nitrogen and oxygen atoms in total. The number of allylic oxidation sites excluding steroid dienone is 4. The van der Waals surface area contributed by atoms with Crippen LogP contribution in [0.25, 0.3) is 5.57 Å². The lowest BCUT2D eigenvalue weighted by Gasteiger charge is -2.06. The predicted molar refractivity (Wildman–Crippen MR) is 69.2 cm³/mol. The lowest BCUT2D eigenvalue weighted by atomic mass is 10.0. The third-order valence-electron chi connectivity index (χ3n) is 2.58. The zero-order valence-corrected chi connectivity index (χ0v) is 10.2. The first-order valence-corrected chi connectivity index (χ1v) is 5.55. The van der Waals surface area contributed by atoms with Crippen LogP contribution >= 0.6 is 0 Å². The SMILES string of the molecule is CC(=O)Nc1cccc(C2=C(C)[N]C(C)=C2)c1. The molecular weight excluding hydrogens is 212 g/mol. The fourth-order valence-corrected chi connectivity index (χ4v) is 1.93. The van der Waals surface area contributed by atoms with Gasteiger partial charge in [0, 0.05) is 29.6 Å². The van der Waals surface area contributed by atoms with Crippen LogP contribution in [-0.2, 0) is 4.79 Å². The van der Waals surface area contributed by atoms with Crippen molar-refractivity contribution in [2.24, 2.45) is 0 Å². The van der Waals surface area contributed by atoms with E-state index in [4.69, 9.17) is 0 Å². The monoisotopic (exact) mass is 227 g/mol. The van der Waals surface area contributed by atoms with Crippen molar-refractivity contribution in [3.05, 3.63) is 47.3 Å². The summed E-state index contributed by atoms with van der Waals surface area (Å²) >= 11 is 0. The van der Waals surface area contributed by atoms with Crippen molar-refractivity contribution < 1.29 is 4.79 Å². The molecule has 0 bridgehead atoms. The van der Waals surface area contributed by atoms with Gasteiger partial charge in [-0.2, -0.15) is 0 Å². The van der Waals surface area contributed by atoms with E-state index in [0.29, 0.717) is 0 Å². The molecule has 0 spiro atoms. The molecule has 1 aromatic rings. The van der Waals surface area contributed by atoms with Gasteiger partial charge in [0.05, 0.1) is 0 Å². The molecule has 1 aliphatic heterocycles. The van der Waals surface area contributed by atoms with Gasteiger partial charge in [-0.15, -0.1) is 0 Å². The number of nitrogens with zero attached hydrogens (tertiary/aromatic N) is 1. The number of nitrogens with one attached hydrogen (secondary N) is 1. The number of benzene rings is 1. The van der Waals surface area contributed by atoms with Gasteiger partial charge in [0.15, 0.2) is 0 Å². The van der Waals surface area contributed by atoms with Gasteiger partial charge in [-0.05, 0) is 37.6 Å². The Morgan fingerprint density at radius 1 is 1.29 bits per heavy atom. The van der Waals surface area contributed by atoms with Crippen molar-refractivity contribution in [1.29, 1.82) is 0 Å². The molecule has 3 heteroatoms. The highest BCUT2D eigenvalue weighted by atomic mass is 16.1. The van der Waals surface area contributed by atoms with E-state index in [1.165, 1.54) is 6.92 Å². The third-order valence-corrected chi connectivity index (χ3v) is 2.58. The van der Waals surface area contributed by atoms with Crippen molar-refractivity contribution in [3.8, 4) is 0 Å². The van der Waals surface area contributed by atoms with Crippen LogP contribution in [-0.4, -0.2) is 5.91 Å². The molecule has 1 aromatic carbocycles. The van der Waals surface area contributed by atoms with Gasteiger partial charge in [0.2, 0.25) is 5.91 Å². The number of rotatable bonds is 2. The van der Waals surface area contributed by atoms with Crippen molar-refractivity contribution in [1.82, 2.24) is 5.32 Å². The van der Waals surface area contributed by atoms with Crippen molar-refractivity contribution in [2.75, 3.05) is 5.32 Å². The molecular formula is C14H15N2O. The molecule has 1 radical (unpaired) electrons. The smallest absolute Gasteiger partial charge is 0.221 e. The quantitative estimate of drug-likeness (QED) is 0.829.